The minimum atomic E-state index is -4.48. The standard InChI is InChI=1S/C20H19F3N2O3/c1-25(13-6-4-5-12(9-13)20(21,22)23)18(19(26)28-3)16-11-24-17-8-7-14(27-2)10-15(16)17/h4-11,18,24H,1-3H3. The summed E-state index contributed by atoms with van der Waals surface area (Å²) in [6, 6.07) is 9.20. The first kappa shape index (κ1) is 19.6. The molecule has 1 N–H and O–H groups in total. The summed E-state index contributed by atoms with van der Waals surface area (Å²) in [5.41, 5.74) is 0.784. The van der Waals surface area contributed by atoms with E-state index < -0.39 is 23.8 Å². The van der Waals surface area contributed by atoms with Crippen molar-refractivity contribution in [2.45, 2.75) is 12.2 Å². The highest BCUT2D eigenvalue weighted by atomic mass is 19.4. The molecule has 28 heavy (non-hydrogen) atoms. The molecule has 1 aromatic heterocycles. The maximum atomic E-state index is 13.1. The third-order valence-electron chi connectivity index (χ3n) is 4.61. The van der Waals surface area contributed by atoms with E-state index >= 15 is 0 Å². The molecule has 5 nitrogen and oxygen atoms in total. The van der Waals surface area contributed by atoms with Crippen molar-refractivity contribution < 1.29 is 27.4 Å². The largest absolute Gasteiger partial charge is 0.497 e. The van der Waals surface area contributed by atoms with E-state index in [0.29, 0.717) is 16.7 Å². The lowest BCUT2D eigenvalue weighted by atomic mass is 10.0. The van der Waals surface area contributed by atoms with E-state index in [1.54, 1.807) is 31.4 Å². The summed E-state index contributed by atoms with van der Waals surface area (Å²) in [6.45, 7) is 0. The van der Waals surface area contributed by atoms with Crippen LogP contribution in [0.1, 0.15) is 17.2 Å². The first-order chi connectivity index (χ1) is 13.3. The molecule has 1 heterocycles. The smallest absolute Gasteiger partial charge is 0.416 e. The fourth-order valence-electron chi connectivity index (χ4n) is 3.13. The number of nitrogens with zero attached hydrogens (tertiary/aromatic N) is 1. The number of carbonyl (C=O) groups excluding carboxylic acids is 1. The number of hydrogen-bond acceptors (Lipinski definition) is 4. The maximum Gasteiger partial charge on any atom is 0.416 e. The SMILES string of the molecule is COC(=O)C(c1c[nH]c2ccc(OC)cc12)N(C)c1cccc(C(F)(F)F)c1. The number of likely N-dealkylation sites (N-methyl/N-ethyl adjacent to an activating group) is 1. The number of rotatable bonds is 5. The third-order valence-corrected chi connectivity index (χ3v) is 4.61. The Bertz CT molecular complexity index is 998. The van der Waals surface area contributed by atoms with E-state index in [-0.39, 0.29) is 5.69 Å². The molecule has 0 aliphatic carbocycles. The second-order valence-corrected chi connectivity index (χ2v) is 6.24. The summed E-state index contributed by atoms with van der Waals surface area (Å²) in [5, 5.41) is 0.716. The fraction of sp³-hybridized carbons (Fsp3) is 0.250. The summed E-state index contributed by atoms with van der Waals surface area (Å²) in [5.74, 6) is 0.00215. The van der Waals surface area contributed by atoms with Crippen LogP contribution < -0.4 is 9.64 Å². The number of alkyl halides is 3. The van der Waals surface area contributed by atoms with E-state index in [9.17, 15) is 18.0 Å². The van der Waals surface area contributed by atoms with Gasteiger partial charge in [0.2, 0.25) is 0 Å². The van der Waals surface area contributed by atoms with Gasteiger partial charge in [0.05, 0.1) is 19.8 Å². The Kier molecular flexibility index (Phi) is 5.22. The molecule has 0 spiro atoms. The lowest BCUT2D eigenvalue weighted by molar-refractivity contribution is -0.142. The second kappa shape index (κ2) is 7.46. The van der Waals surface area contributed by atoms with Gasteiger partial charge in [0.1, 0.15) is 5.75 Å². The molecule has 0 aliphatic rings. The summed E-state index contributed by atoms with van der Waals surface area (Å²) in [7, 11) is 4.32. The van der Waals surface area contributed by atoms with Crippen molar-refractivity contribution in [2.24, 2.45) is 0 Å². The predicted molar refractivity (Wildman–Crippen MR) is 99.5 cm³/mol. The highest BCUT2D eigenvalue weighted by molar-refractivity contribution is 5.92. The van der Waals surface area contributed by atoms with Crippen LogP contribution in [0.25, 0.3) is 10.9 Å². The van der Waals surface area contributed by atoms with Gasteiger partial charge < -0.3 is 19.4 Å². The van der Waals surface area contributed by atoms with Crippen LogP contribution in [0.5, 0.6) is 5.75 Å². The van der Waals surface area contributed by atoms with Gasteiger partial charge in [0.25, 0.3) is 0 Å². The minimum absolute atomic E-state index is 0.238. The Labute approximate surface area is 159 Å². The number of hydrogen-bond donors (Lipinski definition) is 1. The number of halogens is 3. The third kappa shape index (κ3) is 3.62. The number of H-pyrrole nitrogens is 1. The topological polar surface area (TPSA) is 54.6 Å². The molecular formula is C20H19F3N2O3. The zero-order valence-corrected chi connectivity index (χ0v) is 15.5. The van der Waals surface area contributed by atoms with Crippen LogP contribution in [-0.4, -0.2) is 32.2 Å². The highest BCUT2D eigenvalue weighted by Gasteiger charge is 2.33. The van der Waals surface area contributed by atoms with Gasteiger partial charge in [0, 0.05) is 35.4 Å². The first-order valence-corrected chi connectivity index (χ1v) is 8.39. The van der Waals surface area contributed by atoms with Crippen molar-refractivity contribution in [1.82, 2.24) is 4.98 Å². The van der Waals surface area contributed by atoms with Crippen molar-refractivity contribution in [2.75, 3.05) is 26.2 Å². The average Bonchev–Trinajstić information content (AvgIpc) is 3.10. The molecule has 0 bridgehead atoms. The molecule has 8 heteroatoms. The summed E-state index contributed by atoms with van der Waals surface area (Å²) >= 11 is 0. The minimum Gasteiger partial charge on any atom is -0.497 e. The van der Waals surface area contributed by atoms with Crippen molar-refractivity contribution >= 4 is 22.6 Å². The molecule has 2 aromatic carbocycles. The zero-order chi connectivity index (χ0) is 20.5. The number of nitrogens with one attached hydrogen (secondary N) is 1. The number of carbonyl (C=O) groups is 1. The van der Waals surface area contributed by atoms with E-state index in [4.69, 9.17) is 9.47 Å². The molecule has 0 saturated heterocycles. The molecular weight excluding hydrogens is 373 g/mol. The number of benzene rings is 2. The van der Waals surface area contributed by atoms with Crippen LogP contribution in [0.2, 0.25) is 0 Å². The van der Waals surface area contributed by atoms with E-state index in [1.807, 2.05) is 0 Å². The van der Waals surface area contributed by atoms with Gasteiger partial charge in [-0.15, -0.1) is 0 Å². The van der Waals surface area contributed by atoms with Crippen molar-refractivity contribution in [1.29, 1.82) is 0 Å². The number of fused-ring (bicyclic) bond motifs is 1. The Morgan fingerprint density at radius 2 is 1.89 bits per heavy atom. The quantitative estimate of drug-likeness (QED) is 0.648. The number of aromatic nitrogens is 1. The molecule has 0 aliphatic heterocycles. The van der Waals surface area contributed by atoms with Gasteiger partial charge in [-0.1, -0.05) is 6.07 Å². The van der Waals surface area contributed by atoms with Crippen molar-refractivity contribution in [3.8, 4) is 5.75 Å². The molecule has 0 saturated carbocycles. The van der Waals surface area contributed by atoms with Gasteiger partial charge in [-0.3, -0.25) is 0 Å². The number of anilines is 1. The second-order valence-electron chi connectivity index (χ2n) is 6.24. The van der Waals surface area contributed by atoms with Crippen molar-refractivity contribution in [3.63, 3.8) is 0 Å². The van der Waals surface area contributed by atoms with Crippen LogP contribution in [0.15, 0.2) is 48.7 Å². The summed E-state index contributed by atoms with van der Waals surface area (Å²) in [4.78, 5) is 17.1. The van der Waals surface area contributed by atoms with Crippen molar-refractivity contribution in [3.05, 3.63) is 59.8 Å². The van der Waals surface area contributed by atoms with Crippen LogP contribution in [0, 0.1) is 0 Å². The highest BCUT2D eigenvalue weighted by Crippen LogP contribution is 2.36. The monoisotopic (exact) mass is 392 g/mol. The van der Waals surface area contributed by atoms with Crippen LogP contribution in [-0.2, 0) is 15.7 Å². The van der Waals surface area contributed by atoms with Gasteiger partial charge in [-0.05, 0) is 36.4 Å². The fourth-order valence-corrected chi connectivity index (χ4v) is 3.13. The normalized spacial score (nSPS) is 12.6. The first-order valence-electron chi connectivity index (χ1n) is 8.39. The molecule has 0 amide bonds. The number of aromatic amines is 1. The van der Waals surface area contributed by atoms with E-state index in [0.717, 1.165) is 17.6 Å². The Hall–Kier alpha value is -3.16. The molecule has 3 aromatic rings. The molecule has 0 fully saturated rings. The Morgan fingerprint density at radius 3 is 2.54 bits per heavy atom. The van der Waals surface area contributed by atoms with Crippen LogP contribution in [0.4, 0.5) is 18.9 Å². The molecule has 1 unspecified atom stereocenters. The Morgan fingerprint density at radius 1 is 1.14 bits per heavy atom. The Balaban J connectivity index is 2.10. The molecule has 148 valence electrons. The van der Waals surface area contributed by atoms with Gasteiger partial charge in [-0.2, -0.15) is 13.2 Å². The lowest BCUT2D eigenvalue weighted by Gasteiger charge is -2.28. The van der Waals surface area contributed by atoms with Gasteiger partial charge in [0.15, 0.2) is 6.04 Å². The number of esters is 1. The summed E-state index contributed by atoms with van der Waals surface area (Å²) < 4.78 is 49.5. The van der Waals surface area contributed by atoms with Crippen LogP contribution >= 0.6 is 0 Å². The molecule has 3 rings (SSSR count). The van der Waals surface area contributed by atoms with Crippen LogP contribution in [0.3, 0.4) is 0 Å². The predicted octanol–water partition coefficient (Wildman–Crippen LogP) is 4.55. The number of ether oxygens (including phenoxy) is 2. The van der Waals surface area contributed by atoms with E-state index in [1.165, 1.54) is 31.3 Å². The zero-order valence-electron chi connectivity index (χ0n) is 15.5. The lowest BCUT2D eigenvalue weighted by Crippen LogP contribution is -2.31. The maximum absolute atomic E-state index is 13.1. The number of methoxy groups -OCH3 is 2. The van der Waals surface area contributed by atoms with Gasteiger partial charge in [-0.25, -0.2) is 4.79 Å². The molecule has 1 atom stereocenters. The molecule has 0 radical (unpaired) electrons. The van der Waals surface area contributed by atoms with Gasteiger partial charge >= 0.3 is 12.1 Å². The average molecular weight is 392 g/mol. The van der Waals surface area contributed by atoms with E-state index in [2.05, 4.69) is 4.98 Å². The summed E-state index contributed by atoms with van der Waals surface area (Å²) in [6.07, 6.45) is -2.83.